The Kier molecular flexibility index (Phi) is 3.97. The van der Waals surface area contributed by atoms with Gasteiger partial charge in [0.05, 0.1) is 0 Å². The molecule has 1 aliphatic rings. The molecular formula is C16H18ClN3O. The predicted octanol–water partition coefficient (Wildman–Crippen LogP) is 3.30. The number of carbonyl (C=O) groups is 1. The van der Waals surface area contributed by atoms with Crippen LogP contribution in [0.25, 0.3) is 0 Å². The molecule has 1 aromatic heterocycles. The van der Waals surface area contributed by atoms with Crippen LogP contribution in [0, 0.1) is 0 Å². The van der Waals surface area contributed by atoms with E-state index >= 15 is 0 Å². The average molecular weight is 304 g/mol. The third-order valence-corrected chi connectivity index (χ3v) is 3.89. The zero-order valence-corrected chi connectivity index (χ0v) is 12.7. The topological polar surface area (TPSA) is 57.8 Å². The minimum atomic E-state index is -0.132. The van der Waals surface area contributed by atoms with Crippen molar-refractivity contribution in [3.05, 3.63) is 52.3 Å². The Morgan fingerprint density at radius 2 is 2.29 bits per heavy atom. The zero-order chi connectivity index (χ0) is 14.8. The number of rotatable bonds is 5. The number of aromatic amines is 1. The third kappa shape index (κ3) is 3.64. The van der Waals surface area contributed by atoms with Crippen molar-refractivity contribution >= 4 is 17.5 Å². The van der Waals surface area contributed by atoms with E-state index in [2.05, 4.69) is 15.5 Å². The summed E-state index contributed by atoms with van der Waals surface area (Å²) in [5.74, 6) is 0.440. The third-order valence-electron chi connectivity index (χ3n) is 3.66. The summed E-state index contributed by atoms with van der Waals surface area (Å²) in [7, 11) is 0. The summed E-state index contributed by atoms with van der Waals surface area (Å²) in [6.07, 6.45) is 3.12. The van der Waals surface area contributed by atoms with Gasteiger partial charge in [-0.15, -0.1) is 0 Å². The molecule has 1 atom stereocenters. The first-order valence-electron chi connectivity index (χ1n) is 7.22. The summed E-state index contributed by atoms with van der Waals surface area (Å²) >= 11 is 5.97. The monoisotopic (exact) mass is 303 g/mol. The Hall–Kier alpha value is -1.81. The second-order valence-corrected chi connectivity index (χ2v) is 6.13. The van der Waals surface area contributed by atoms with E-state index in [1.165, 1.54) is 12.8 Å². The summed E-state index contributed by atoms with van der Waals surface area (Å²) < 4.78 is 0. The van der Waals surface area contributed by atoms with Gasteiger partial charge in [0.2, 0.25) is 0 Å². The SMILES string of the molecule is CC(Cc1cccc(Cl)c1)NC(=O)c1cc(C2CC2)[nH]n1. The number of hydrogen-bond acceptors (Lipinski definition) is 2. The second-order valence-electron chi connectivity index (χ2n) is 5.69. The van der Waals surface area contributed by atoms with E-state index in [0.29, 0.717) is 16.6 Å². The van der Waals surface area contributed by atoms with Gasteiger partial charge < -0.3 is 5.32 Å². The fraction of sp³-hybridized carbons (Fsp3) is 0.375. The number of nitrogens with zero attached hydrogens (tertiary/aromatic N) is 1. The molecule has 0 bridgehead atoms. The van der Waals surface area contributed by atoms with Crippen LogP contribution in [-0.2, 0) is 6.42 Å². The summed E-state index contributed by atoms with van der Waals surface area (Å²) in [6.45, 7) is 1.98. The molecule has 1 unspecified atom stereocenters. The highest BCUT2D eigenvalue weighted by atomic mass is 35.5. The lowest BCUT2D eigenvalue weighted by atomic mass is 10.1. The Balaban J connectivity index is 1.58. The van der Waals surface area contributed by atoms with Gasteiger partial charge in [0.1, 0.15) is 5.69 Å². The molecule has 1 aliphatic carbocycles. The van der Waals surface area contributed by atoms with Gasteiger partial charge in [0, 0.05) is 22.7 Å². The Morgan fingerprint density at radius 3 is 3.00 bits per heavy atom. The van der Waals surface area contributed by atoms with Crippen LogP contribution in [0.3, 0.4) is 0 Å². The summed E-state index contributed by atoms with van der Waals surface area (Å²) in [4.78, 5) is 12.1. The smallest absolute Gasteiger partial charge is 0.271 e. The molecule has 1 saturated carbocycles. The lowest BCUT2D eigenvalue weighted by Crippen LogP contribution is -2.34. The number of hydrogen-bond donors (Lipinski definition) is 2. The van der Waals surface area contributed by atoms with Gasteiger partial charge >= 0.3 is 0 Å². The number of amides is 1. The van der Waals surface area contributed by atoms with Crippen molar-refractivity contribution in [1.82, 2.24) is 15.5 Å². The molecule has 0 aliphatic heterocycles. The molecule has 21 heavy (non-hydrogen) atoms. The zero-order valence-electron chi connectivity index (χ0n) is 11.9. The highest BCUT2D eigenvalue weighted by Gasteiger charge is 2.26. The lowest BCUT2D eigenvalue weighted by molar-refractivity contribution is 0.0935. The maximum atomic E-state index is 12.1. The molecular weight excluding hydrogens is 286 g/mol. The Labute approximate surface area is 128 Å². The van der Waals surface area contributed by atoms with E-state index in [1.54, 1.807) is 0 Å². The Morgan fingerprint density at radius 1 is 1.48 bits per heavy atom. The fourth-order valence-electron chi connectivity index (χ4n) is 2.42. The maximum absolute atomic E-state index is 12.1. The van der Waals surface area contributed by atoms with E-state index in [9.17, 15) is 4.79 Å². The van der Waals surface area contributed by atoms with E-state index in [1.807, 2.05) is 37.3 Å². The fourth-order valence-corrected chi connectivity index (χ4v) is 2.64. The molecule has 4 nitrogen and oxygen atoms in total. The first-order valence-corrected chi connectivity index (χ1v) is 7.60. The van der Waals surface area contributed by atoms with E-state index < -0.39 is 0 Å². The molecule has 1 heterocycles. The lowest BCUT2D eigenvalue weighted by Gasteiger charge is -2.13. The van der Waals surface area contributed by atoms with Crippen LogP contribution in [0.5, 0.6) is 0 Å². The van der Waals surface area contributed by atoms with Gasteiger partial charge in [-0.3, -0.25) is 9.89 Å². The van der Waals surface area contributed by atoms with E-state index in [0.717, 1.165) is 17.7 Å². The van der Waals surface area contributed by atoms with Gasteiger partial charge in [-0.1, -0.05) is 23.7 Å². The van der Waals surface area contributed by atoms with E-state index in [4.69, 9.17) is 11.6 Å². The van der Waals surface area contributed by atoms with Crippen molar-refractivity contribution in [2.75, 3.05) is 0 Å². The van der Waals surface area contributed by atoms with Crippen LogP contribution in [-0.4, -0.2) is 22.1 Å². The van der Waals surface area contributed by atoms with Crippen LogP contribution >= 0.6 is 11.6 Å². The first-order chi connectivity index (χ1) is 10.1. The molecule has 1 amide bonds. The van der Waals surface area contributed by atoms with Gasteiger partial charge in [-0.2, -0.15) is 5.10 Å². The van der Waals surface area contributed by atoms with Crippen molar-refractivity contribution < 1.29 is 4.79 Å². The minimum Gasteiger partial charge on any atom is -0.348 e. The van der Waals surface area contributed by atoms with Crippen molar-refractivity contribution in [3.8, 4) is 0 Å². The number of halogens is 1. The van der Waals surface area contributed by atoms with Crippen molar-refractivity contribution in [2.24, 2.45) is 0 Å². The highest BCUT2D eigenvalue weighted by Crippen LogP contribution is 2.38. The van der Waals surface area contributed by atoms with Crippen LogP contribution in [0.1, 0.15) is 47.4 Å². The number of aromatic nitrogens is 2. The summed E-state index contributed by atoms with van der Waals surface area (Å²) in [5.41, 5.74) is 2.65. The van der Waals surface area contributed by atoms with Crippen LogP contribution in [0.2, 0.25) is 5.02 Å². The van der Waals surface area contributed by atoms with Crippen molar-refractivity contribution in [2.45, 2.75) is 38.1 Å². The summed E-state index contributed by atoms with van der Waals surface area (Å²) in [5, 5.41) is 10.7. The molecule has 0 saturated heterocycles. The van der Waals surface area contributed by atoms with Gasteiger partial charge in [0.15, 0.2) is 0 Å². The number of H-pyrrole nitrogens is 1. The predicted molar refractivity (Wildman–Crippen MR) is 82.6 cm³/mol. The van der Waals surface area contributed by atoms with Gasteiger partial charge in [-0.25, -0.2) is 0 Å². The number of carbonyl (C=O) groups excluding carboxylic acids is 1. The van der Waals surface area contributed by atoms with Crippen LogP contribution in [0.15, 0.2) is 30.3 Å². The number of benzene rings is 1. The molecule has 0 spiro atoms. The van der Waals surface area contributed by atoms with Gasteiger partial charge in [0.25, 0.3) is 5.91 Å². The first kappa shape index (κ1) is 14.1. The highest BCUT2D eigenvalue weighted by molar-refractivity contribution is 6.30. The molecule has 5 heteroatoms. The Bertz CT molecular complexity index is 648. The van der Waals surface area contributed by atoms with Crippen LogP contribution < -0.4 is 5.32 Å². The molecule has 2 N–H and O–H groups in total. The van der Waals surface area contributed by atoms with E-state index in [-0.39, 0.29) is 11.9 Å². The molecule has 1 aromatic carbocycles. The average Bonchev–Trinajstić information content (AvgIpc) is 3.16. The molecule has 3 rings (SSSR count). The van der Waals surface area contributed by atoms with Gasteiger partial charge in [-0.05, 0) is 49.9 Å². The molecule has 0 radical (unpaired) electrons. The standard InChI is InChI=1S/C16H18ClN3O/c1-10(7-11-3-2-4-13(17)8-11)18-16(21)15-9-14(19-20-15)12-5-6-12/h2-4,8-10,12H,5-7H2,1H3,(H,18,21)(H,19,20). The second kappa shape index (κ2) is 5.90. The molecule has 2 aromatic rings. The minimum absolute atomic E-state index is 0.0250. The molecule has 1 fully saturated rings. The largest absolute Gasteiger partial charge is 0.348 e. The molecule has 110 valence electrons. The van der Waals surface area contributed by atoms with Crippen molar-refractivity contribution in [3.63, 3.8) is 0 Å². The number of nitrogens with one attached hydrogen (secondary N) is 2. The van der Waals surface area contributed by atoms with Crippen molar-refractivity contribution in [1.29, 1.82) is 0 Å². The quantitative estimate of drug-likeness (QED) is 0.890. The maximum Gasteiger partial charge on any atom is 0.271 e. The summed E-state index contributed by atoms with van der Waals surface area (Å²) in [6, 6.07) is 9.58. The normalized spacial score (nSPS) is 15.7. The van der Waals surface area contributed by atoms with Crippen LogP contribution in [0.4, 0.5) is 0 Å².